The molecule has 0 saturated carbocycles. The van der Waals surface area contributed by atoms with E-state index in [2.05, 4.69) is 38.3 Å². The van der Waals surface area contributed by atoms with Crippen LogP contribution in [0.5, 0.6) is 0 Å². The lowest BCUT2D eigenvalue weighted by molar-refractivity contribution is 0.0526. The molecule has 0 heterocycles. The number of benzene rings is 1. The molecule has 0 bridgehead atoms. The standard InChI is InChI=1S/C18H28N2O2S/c1-7-22-17(21)14-9-8-13(6)15(10-14)19-18(23)20-16(11(2)3)12(4)5/h8-12,16H,7H2,1-6H3,(H2,19,20,23). The molecule has 23 heavy (non-hydrogen) atoms. The monoisotopic (exact) mass is 336 g/mol. The summed E-state index contributed by atoms with van der Waals surface area (Å²) in [4.78, 5) is 11.9. The molecule has 1 aromatic rings. The van der Waals surface area contributed by atoms with Crippen molar-refractivity contribution in [2.75, 3.05) is 11.9 Å². The predicted octanol–water partition coefficient (Wildman–Crippen LogP) is 4.14. The van der Waals surface area contributed by atoms with E-state index in [0.717, 1.165) is 11.3 Å². The van der Waals surface area contributed by atoms with Crippen LogP contribution < -0.4 is 10.6 Å². The number of thiocarbonyl (C=S) groups is 1. The van der Waals surface area contributed by atoms with Gasteiger partial charge in [0.2, 0.25) is 0 Å². The van der Waals surface area contributed by atoms with E-state index in [0.29, 0.717) is 35.2 Å². The zero-order chi connectivity index (χ0) is 17.6. The molecular weight excluding hydrogens is 308 g/mol. The van der Waals surface area contributed by atoms with Gasteiger partial charge in [0.15, 0.2) is 5.11 Å². The number of esters is 1. The first-order chi connectivity index (χ1) is 10.8. The normalized spacial score (nSPS) is 11.0. The number of carbonyl (C=O) groups excluding carboxylic acids is 1. The van der Waals surface area contributed by atoms with Gasteiger partial charge in [0.05, 0.1) is 12.2 Å². The highest BCUT2D eigenvalue weighted by Gasteiger charge is 2.18. The van der Waals surface area contributed by atoms with Gasteiger partial charge in [-0.2, -0.15) is 0 Å². The van der Waals surface area contributed by atoms with Crippen molar-refractivity contribution in [1.29, 1.82) is 0 Å². The third kappa shape index (κ3) is 5.82. The van der Waals surface area contributed by atoms with Crippen molar-refractivity contribution in [2.45, 2.75) is 47.6 Å². The summed E-state index contributed by atoms with van der Waals surface area (Å²) < 4.78 is 5.04. The van der Waals surface area contributed by atoms with Gasteiger partial charge in [-0.1, -0.05) is 33.8 Å². The van der Waals surface area contributed by atoms with E-state index in [-0.39, 0.29) is 5.97 Å². The Labute approximate surface area is 145 Å². The number of carbonyl (C=O) groups is 1. The predicted molar refractivity (Wildman–Crippen MR) is 100.0 cm³/mol. The zero-order valence-electron chi connectivity index (χ0n) is 14.9. The van der Waals surface area contributed by atoms with Crippen molar-refractivity contribution >= 4 is 29.0 Å². The molecule has 4 nitrogen and oxygen atoms in total. The molecule has 0 aliphatic rings. The van der Waals surface area contributed by atoms with Crippen molar-refractivity contribution in [1.82, 2.24) is 5.32 Å². The molecule has 0 aliphatic carbocycles. The summed E-state index contributed by atoms with van der Waals surface area (Å²) in [7, 11) is 0. The van der Waals surface area contributed by atoms with Crippen LogP contribution >= 0.6 is 12.2 Å². The van der Waals surface area contributed by atoms with Crippen LogP contribution in [0, 0.1) is 18.8 Å². The van der Waals surface area contributed by atoms with Gasteiger partial charge < -0.3 is 15.4 Å². The molecule has 128 valence electrons. The van der Waals surface area contributed by atoms with E-state index in [1.807, 2.05) is 13.0 Å². The molecule has 0 aromatic heterocycles. The molecule has 0 saturated heterocycles. The summed E-state index contributed by atoms with van der Waals surface area (Å²) in [5.74, 6) is 0.625. The molecule has 2 N–H and O–H groups in total. The quantitative estimate of drug-likeness (QED) is 0.604. The minimum absolute atomic E-state index is 0.295. The number of ether oxygens (including phenoxy) is 1. The number of hydrogen-bond donors (Lipinski definition) is 2. The Morgan fingerprint density at radius 2 is 1.83 bits per heavy atom. The average molecular weight is 337 g/mol. The lowest BCUT2D eigenvalue weighted by Crippen LogP contribution is -2.44. The lowest BCUT2D eigenvalue weighted by Gasteiger charge is -2.27. The van der Waals surface area contributed by atoms with Crippen LogP contribution in [0.3, 0.4) is 0 Å². The Bertz CT molecular complexity index is 548. The van der Waals surface area contributed by atoms with Gasteiger partial charge in [0.25, 0.3) is 0 Å². The maximum absolute atomic E-state index is 11.9. The van der Waals surface area contributed by atoms with Crippen LogP contribution in [0.4, 0.5) is 5.69 Å². The van der Waals surface area contributed by atoms with Gasteiger partial charge in [-0.3, -0.25) is 0 Å². The highest BCUT2D eigenvalue weighted by molar-refractivity contribution is 7.80. The highest BCUT2D eigenvalue weighted by atomic mass is 32.1. The van der Waals surface area contributed by atoms with Gasteiger partial charge in [0.1, 0.15) is 0 Å². The summed E-state index contributed by atoms with van der Waals surface area (Å²) in [6.07, 6.45) is 0. The Morgan fingerprint density at radius 1 is 1.22 bits per heavy atom. The third-order valence-electron chi connectivity index (χ3n) is 3.73. The number of hydrogen-bond acceptors (Lipinski definition) is 3. The smallest absolute Gasteiger partial charge is 0.338 e. The van der Waals surface area contributed by atoms with Crippen LogP contribution in [0.2, 0.25) is 0 Å². The topological polar surface area (TPSA) is 50.4 Å². The summed E-state index contributed by atoms with van der Waals surface area (Å²) >= 11 is 5.43. The highest BCUT2D eigenvalue weighted by Crippen LogP contribution is 2.18. The molecule has 0 aliphatic heterocycles. The van der Waals surface area contributed by atoms with Crippen molar-refractivity contribution in [3.8, 4) is 0 Å². The molecule has 0 spiro atoms. The van der Waals surface area contributed by atoms with Crippen molar-refractivity contribution < 1.29 is 9.53 Å². The molecular formula is C18H28N2O2S. The maximum Gasteiger partial charge on any atom is 0.338 e. The number of rotatable bonds is 6. The molecule has 0 unspecified atom stereocenters. The van der Waals surface area contributed by atoms with Crippen LogP contribution in [-0.4, -0.2) is 23.7 Å². The fourth-order valence-corrected chi connectivity index (χ4v) is 2.76. The fraction of sp³-hybridized carbons (Fsp3) is 0.556. The molecule has 0 radical (unpaired) electrons. The minimum Gasteiger partial charge on any atom is -0.462 e. The second kappa shape index (κ2) is 8.87. The largest absolute Gasteiger partial charge is 0.462 e. The first-order valence-corrected chi connectivity index (χ1v) is 8.52. The van der Waals surface area contributed by atoms with Crippen molar-refractivity contribution in [3.63, 3.8) is 0 Å². The number of nitrogens with one attached hydrogen (secondary N) is 2. The van der Waals surface area contributed by atoms with Gasteiger partial charge in [-0.15, -0.1) is 0 Å². The Balaban J connectivity index is 2.85. The van der Waals surface area contributed by atoms with Gasteiger partial charge in [0, 0.05) is 11.7 Å². The van der Waals surface area contributed by atoms with E-state index in [1.54, 1.807) is 19.1 Å². The molecule has 0 fully saturated rings. The number of aryl methyl sites for hydroxylation is 1. The van der Waals surface area contributed by atoms with Crippen LogP contribution in [0.25, 0.3) is 0 Å². The van der Waals surface area contributed by atoms with Crippen molar-refractivity contribution in [2.24, 2.45) is 11.8 Å². The second-order valence-corrected chi connectivity index (χ2v) is 6.77. The summed E-state index contributed by atoms with van der Waals surface area (Å²) in [6, 6.07) is 5.73. The maximum atomic E-state index is 11.9. The summed E-state index contributed by atoms with van der Waals surface area (Å²) in [5, 5.41) is 7.14. The van der Waals surface area contributed by atoms with E-state index in [1.165, 1.54) is 0 Å². The average Bonchev–Trinajstić information content (AvgIpc) is 2.46. The molecule has 1 rings (SSSR count). The van der Waals surface area contributed by atoms with Crippen LogP contribution in [0.15, 0.2) is 18.2 Å². The fourth-order valence-electron chi connectivity index (χ4n) is 2.51. The zero-order valence-corrected chi connectivity index (χ0v) is 15.7. The van der Waals surface area contributed by atoms with Crippen molar-refractivity contribution in [3.05, 3.63) is 29.3 Å². The van der Waals surface area contributed by atoms with E-state index < -0.39 is 0 Å². The first-order valence-electron chi connectivity index (χ1n) is 8.11. The summed E-state index contributed by atoms with van der Waals surface area (Å²) in [5.41, 5.74) is 2.36. The van der Waals surface area contributed by atoms with E-state index >= 15 is 0 Å². The van der Waals surface area contributed by atoms with Crippen LogP contribution in [-0.2, 0) is 4.74 Å². The minimum atomic E-state index is -0.323. The third-order valence-corrected chi connectivity index (χ3v) is 3.95. The Hall–Kier alpha value is -1.62. The lowest BCUT2D eigenvalue weighted by atomic mass is 9.93. The number of anilines is 1. The Morgan fingerprint density at radius 3 is 2.35 bits per heavy atom. The summed E-state index contributed by atoms with van der Waals surface area (Å²) in [6.45, 7) is 12.8. The first kappa shape index (κ1) is 19.4. The van der Waals surface area contributed by atoms with Gasteiger partial charge in [-0.05, 0) is 55.6 Å². The second-order valence-electron chi connectivity index (χ2n) is 6.36. The molecule has 5 heteroatoms. The molecule has 0 atom stereocenters. The van der Waals surface area contributed by atoms with Gasteiger partial charge >= 0.3 is 5.97 Å². The SMILES string of the molecule is CCOC(=O)c1ccc(C)c(NC(=S)NC(C(C)C)C(C)C)c1. The van der Waals surface area contributed by atoms with E-state index in [9.17, 15) is 4.79 Å². The van der Waals surface area contributed by atoms with Gasteiger partial charge in [-0.25, -0.2) is 4.79 Å². The Kier molecular flexibility index (Phi) is 7.49. The molecule has 0 amide bonds. The van der Waals surface area contributed by atoms with E-state index in [4.69, 9.17) is 17.0 Å². The van der Waals surface area contributed by atoms with Crippen LogP contribution in [0.1, 0.15) is 50.5 Å². The molecule has 1 aromatic carbocycles.